The Morgan fingerprint density at radius 3 is 2.89 bits per heavy atom. The molecule has 1 aromatic heterocycles. The third kappa shape index (κ3) is 2.42. The molecule has 18 heavy (non-hydrogen) atoms. The molecule has 92 valence electrons. The number of rotatable bonds is 3. The Kier molecular flexibility index (Phi) is 3.10. The van der Waals surface area contributed by atoms with Crippen molar-refractivity contribution in [2.24, 2.45) is 0 Å². The fourth-order valence-electron chi connectivity index (χ4n) is 1.77. The minimum atomic E-state index is -0.0361. The molecular weight excluding hydrogens is 266 g/mol. The van der Waals surface area contributed by atoms with Crippen molar-refractivity contribution in [3.63, 3.8) is 0 Å². The van der Waals surface area contributed by atoms with E-state index >= 15 is 0 Å². The summed E-state index contributed by atoms with van der Waals surface area (Å²) in [6.07, 6.45) is 5.56. The summed E-state index contributed by atoms with van der Waals surface area (Å²) in [7, 11) is 0. The van der Waals surface area contributed by atoms with Crippen molar-refractivity contribution in [3.8, 4) is 0 Å². The predicted molar refractivity (Wildman–Crippen MR) is 77.0 cm³/mol. The van der Waals surface area contributed by atoms with Gasteiger partial charge in [-0.1, -0.05) is 29.8 Å². The lowest BCUT2D eigenvalue weighted by Gasteiger charge is -1.95. The maximum absolute atomic E-state index is 11.6. The molecule has 0 spiro atoms. The molecular formula is C14H12ClNOS. The van der Waals surface area contributed by atoms with Gasteiger partial charge < -0.3 is 5.32 Å². The molecule has 1 saturated carbocycles. The normalized spacial score (nSPS) is 15.4. The molecule has 4 heteroatoms. The van der Waals surface area contributed by atoms with Crippen LogP contribution < -0.4 is 5.32 Å². The summed E-state index contributed by atoms with van der Waals surface area (Å²) in [5.41, 5.74) is 0. The highest BCUT2D eigenvalue weighted by Crippen LogP contribution is 2.35. The molecule has 0 aliphatic heterocycles. The fourth-order valence-corrected chi connectivity index (χ4v) is 3.17. The van der Waals surface area contributed by atoms with E-state index in [-0.39, 0.29) is 5.91 Å². The Morgan fingerprint density at radius 2 is 2.17 bits per heavy atom. The minimum absolute atomic E-state index is 0.0361. The van der Waals surface area contributed by atoms with Crippen LogP contribution in [-0.4, -0.2) is 11.9 Å². The lowest BCUT2D eigenvalue weighted by molar-refractivity contribution is -0.116. The first-order chi connectivity index (χ1) is 8.74. The summed E-state index contributed by atoms with van der Waals surface area (Å²) in [4.78, 5) is 12.5. The summed E-state index contributed by atoms with van der Waals surface area (Å²) >= 11 is 7.89. The van der Waals surface area contributed by atoms with E-state index in [0.717, 1.165) is 32.8 Å². The van der Waals surface area contributed by atoms with Gasteiger partial charge in [-0.25, -0.2) is 0 Å². The Hall–Kier alpha value is -1.32. The molecule has 1 aliphatic rings. The van der Waals surface area contributed by atoms with Crippen molar-refractivity contribution in [2.75, 3.05) is 0 Å². The van der Waals surface area contributed by atoms with Crippen molar-refractivity contribution >= 4 is 45.0 Å². The van der Waals surface area contributed by atoms with Gasteiger partial charge in [-0.15, -0.1) is 11.3 Å². The first kappa shape index (κ1) is 11.8. The van der Waals surface area contributed by atoms with Gasteiger partial charge in [0.25, 0.3) is 0 Å². The van der Waals surface area contributed by atoms with Crippen molar-refractivity contribution < 1.29 is 4.79 Å². The molecule has 2 aromatic rings. The fraction of sp³-hybridized carbons (Fsp3) is 0.214. The van der Waals surface area contributed by atoms with Crippen LogP contribution in [0.25, 0.3) is 16.2 Å². The zero-order chi connectivity index (χ0) is 12.5. The number of benzene rings is 1. The third-order valence-corrected chi connectivity index (χ3v) is 4.52. The molecule has 3 rings (SSSR count). The number of carbonyl (C=O) groups is 1. The molecule has 1 N–H and O–H groups in total. The first-order valence-corrected chi connectivity index (χ1v) is 7.09. The summed E-state index contributed by atoms with van der Waals surface area (Å²) in [6.45, 7) is 0. The molecule has 1 aliphatic carbocycles. The van der Waals surface area contributed by atoms with Gasteiger partial charge in [-0.2, -0.15) is 0 Å². The lowest BCUT2D eigenvalue weighted by Crippen LogP contribution is -2.22. The second kappa shape index (κ2) is 4.75. The number of nitrogens with one attached hydrogen (secondary N) is 1. The number of hydrogen-bond donors (Lipinski definition) is 1. The van der Waals surface area contributed by atoms with Crippen molar-refractivity contribution in [2.45, 2.75) is 18.9 Å². The van der Waals surface area contributed by atoms with Gasteiger partial charge >= 0.3 is 0 Å². The minimum Gasteiger partial charge on any atom is -0.350 e. The molecule has 0 unspecified atom stereocenters. The van der Waals surface area contributed by atoms with Crippen LogP contribution in [0.1, 0.15) is 17.7 Å². The Morgan fingerprint density at radius 1 is 1.39 bits per heavy atom. The smallest absolute Gasteiger partial charge is 0.244 e. The second-order valence-corrected chi connectivity index (χ2v) is 5.85. The summed E-state index contributed by atoms with van der Waals surface area (Å²) in [6, 6.07) is 8.37. The SMILES string of the molecule is O=C(/C=C/c1sc2ccccc2c1Cl)NC1CC1. The van der Waals surface area contributed by atoms with Gasteiger partial charge in [0.2, 0.25) is 5.91 Å². The van der Waals surface area contributed by atoms with Crippen LogP contribution in [0.2, 0.25) is 5.02 Å². The van der Waals surface area contributed by atoms with Gasteiger partial charge in [0, 0.05) is 27.1 Å². The average Bonchev–Trinajstić information content (AvgIpc) is 3.12. The van der Waals surface area contributed by atoms with Crippen LogP contribution in [0.3, 0.4) is 0 Å². The average molecular weight is 278 g/mol. The van der Waals surface area contributed by atoms with Gasteiger partial charge in [0.15, 0.2) is 0 Å². The van der Waals surface area contributed by atoms with E-state index < -0.39 is 0 Å². The van der Waals surface area contributed by atoms with E-state index in [2.05, 4.69) is 5.32 Å². The van der Waals surface area contributed by atoms with E-state index in [0.29, 0.717) is 6.04 Å². The Balaban J connectivity index is 1.83. The number of fused-ring (bicyclic) bond motifs is 1. The van der Waals surface area contributed by atoms with Gasteiger partial charge in [-0.3, -0.25) is 4.79 Å². The van der Waals surface area contributed by atoms with Crippen LogP contribution in [0.4, 0.5) is 0 Å². The highest BCUT2D eigenvalue weighted by atomic mass is 35.5. The van der Waals surface area contributed by atoms with Crippen LogP contribution in [-0.2, 0) is 4.79 Å². The van der Waals surface area contributed by atoms with Gasteiger partial charge in [0.1, 0.15) is 0 Å². The Labute approximate surface area is 114 Å². The largest absolute Gasteiger partial charge is 0.350 e. The summed E-state index contributed by atoms with van der Waals surface area (Å²) in [5, 5.41) is 4.69. The molecule has 1 fully saturated rings. The van der Waals surface area contributed by atoms with Crippen molar-refractivity contribution in [3.05, 3.63) is 40.2 Å². The van der Waals surface area contributed by atoms with E-state index in [9.17, 15) is 4.79 Å². The molecule has 1 heterocycles. The van der Waals surface area contributed by atoms with Crippen molar-refractivity contribution in [1.82, 2.24) is 5.32 Å². The number of amides is 1. The van der Waals surface area contributed by atoms with E-state index in [1.807, 2.05) is 24.3 Å². The number of halogens is 1. The zero-order valence-corrected chi connectivity index (χ0v) is 11.2. The topological polar surface area (TPSA) is 29.1 Å². The maximum Gasteiger partial charge on any atom is 0.244 e. The Bertz CT molecular complexity index is 628. The molecule has 0 bridgehead atoms. The summed E-state index contributed by atoms with van der Waals surface area (Å²) in [5.74, 6) is -0.0361. The lowest BCUT2D eigenvalue weighted by atomic mass is 10.2. The number of carbonyl (C=O) groups excluding carboxylic acids is 1. The maximum atomic E-state index is 11.6. The molecule has 1 amide bonds. The van der Waals surface area contributed by atoms with Crippen LogP contribution >= 0.6 is 22.9 Å². The second-order valence-electron chi connectivity index (χ2n) is 4.39. The van der Waals surface area contributed by atoms with E-state index in [1.165, 1.54) is 0 Å². The molecule has 0 atom stereocenters. The molecule has 2 nitrogen and oxygen atoms in total. The third-order valence-electron chi connectivity index (χ3n) is 2.87. The van der Waals surface area contributed by atoms with Crippen LogP contribution in [0.15, 0.2) is 30.3 Å². The zero-order valence-electron chi connectivity index (χ0n) is 9.65. The number of hydrogen-bond acceptors (Lipinski definition) is 2. The standard InChI is InChI=1S/C14H12ClNOS/c15-14-10-3-1-2-4-11(10)18-12(14)7-8-13(17)16-9-5-6-9/h1-4,7-9H,5-6H2,(H,16,17)/b8-7+. The van der Waals surface area contributed by atoms with Crippen LogP contribution in [0, 0.1) is 0 Å². The van der Waals surface area contributed by atoms with E-state index in [4.69, 9.17) is 11.6 Å². The van der Waals surface area contributed by atoms with Gasteiger partial charge in [0.05, 0.1) is 5.02 Å². The quantitative estimate of drug-likeness (QED) is 0.849. The molecule has 0 saturated heterocycles. The highest BCUT2D eigenvalue weighted by Gasteiger charge is 2.22. The van der Waals surface area contributed by atoms with E-state index in [1.54, 1.807) is 23.5 Å². The first-order valence-electron chi connectivity index (χ1n) is 5.89. The molecule has 1 aromatic carbocycles. The van der Waals surface area contributed by atoms with Crippen molar-refractivity contribution in [1.29, 1.82) is 0 Å². The highest BCUT2D eigenvalue weighted by molar-refractivity contribution is 7.20. The van der Waals surface area contributed by atoms with Gasteiger partial charge in [-0.05, 0) is 25.0 Å². The predicted octanol–water partition coefficient (Wildman–Crippen LogP) is 3.85. The number of thiophene rings is 1. The molecule has 0 radical (unpaired) electrons. The summed E-state index contributed by atoms with van der Waals surface area (Å²) < 4.78 is 1.14. The van der Waals surface area contributed by atoms with Crippen LogP contribution in [0.5, 0.6) is 0 Å². The monoisotopic (exact) mass is 277 g/mol.